The maximum absolute atomic E-state index is 9.84. The molecule has 23 heavy (non-hydrogen) atoms. The molecule has 2 aromatic carbocycles. The van der Waals surface area contributed by atoms with Crippen LogP contribution in [0.2, 0.25) is 0 Å². The van der Waals surface area contributed by atoms with Crippen LogP contribution in [-0.4, -0.2) is 41.4 Å². The zero-order valence-electron chi connectivity index (χ0n) is 12.9. The number of methoxy groups -OCH3 is 1. The molecule has 0 fully saturated rings. The highest BCUT2D eigenvalue weighted by molar-refractivity contribution is 5.90. The third-order valence-corrected chi connectivity index (χ3v) is 3.50. The molecule has 1 aromatic heterocycles. The van der Waals surface area contributed by atoms with Crippen LogP contribution in [0, 0.1) is 0 Å². The van der Waals surface area contributed by atoms with E-state index in [1.807, 2.05) is 54.6 Å². The molecule has 118 valence electrons. The molecule has 0 bridgehead atoms. The van der Waals surface area contributed by atoms with Crippen LogP contribution in [0.4, 0.5) is 5.82 Å². The monoisotopic (exact) mass is 309 g/mol. The zero-order valence-corrected chi connectivity index (χ0v) is 12.9. The van der Waals surface area contributed by atoms with Gasteiger partial charge >= 0.3 is 0 Å². The molecule has 0 aliphatic carbocycles. The van der Waals surface area contributed by atoms with Gasteiger partial charge in [0.25, 0.3) is 0 Å². The first-order chi connectivity index (χ1) is 11.3. The van der Waals surface area contributed by atoms with E-state index >= 15 is 0 Å². The fraction of sp³-hybridized carbons (Fsp3) is 0.222. The summed E-state index contributed by atoms with van der Waals surface area (Å²) in [5.74, 6) is 1.37. The number of hydrogen-bond donors (Lipinski definition) is 2. The Balaban J connectivity index is 1.97. The summed E-state index contributed by atoms with van der Waals surface area (Å²) < 4.78 is 4.95. The van der Waals surface area contributed by atoms with Crippen molar-refractivity contribution >= 4 is 16.7 Å². The van der Waals surface area contributed by atoms with Crippen LogP contribution in [0.25, 0.3) is 22.3 Å². The summed E-state index contributed by atoms with van der Waals surface area (Å²) in [5, 5.41) is 14.0. The highest BCUT2D eigenvalue weighted by atomic mass is 16.5. The van der Waals surface area contributed by atoms with Gasteiger partial charge in [-0.15, -0.1) is 0 Å². The van der Waals surface area contributed by atoms with E-state index < -0.39 is 6.10 Å². The number of rotatable bonds is 6. The van der Waals surface area contributed by atoms with E-state index in [1.54, 1.807) is 7.11 Å². The number of ether oxygens (including phenoxy) is 1. The van der Waals surface area contributed by atoms with Gasteiger partial charge in [-0.05, 0) is 12.1 Å². The summed E-state index contributed by atoms with van der Waals surface area (Å²) >= 11 is 0. The number of anilines is 1. The Morgan fingerprint density at radius 3 is 2.57 bits per heavy atom. The topological polar surface area (TPSA) is 67.3 Å². The van der Waals surface area contributed by atoms with Gasteiger partial charge in [-0.1, -0.05) is 42.5 Å². The lowest BCUT2D eigenvalue weighted by Crippen LogP contribution is -2.24. The standard InChI is InChI=1S/C18H19N3O2/c1-23-12-14(22)11-19-18-15-9-5-6-10-16(15)20-17(21-18)13-7-3-2-4-8-13/h2-10,14,22H,11-12H2,1H3,(H,19,20,21). The van der Waals surface area contributed by atoms with Crippen LogP contribution in [0.1, 0.15) is 0 Å². The molecule has 0 spiro atoms. The average Bonchev–Trinajstić information content (AvgIpc) is 2.60. The van der Waals surface area contributed by atoms with E-state index in [-0.39, 0.29) is 6.61 Å². The van der Waals surface area contributed by atoms with Crippen molar-refractivity contribution in [3.63, 3.8) is 0 Å². The summed E-state index contributed by atoms with van der Waals surface area (Å²) in [6.45, 7) is 0.643. The number of aliphatic hydroxyl groups excluding tert-OH is 1. The summed E-state index contributed by atoms with van der Waals surface area (Å²) in [5.41, 5.74) is 1.82. The van der Waals surface area contributed by atoms with Crippen molar-refractivity contribution in [3.05, 3.63) is 54.6 Å². The lowest BCUT2D eigenvalue weighted by molar-refractivity contribution is 0.0727. The molecule has 5 nitrogen and oxygen atoms in total. The average molecular weight is 309 g/mol. The van der Waals surface area contributed by atoms with E-state index in [4.69, 9.17) is 4.74 Å². The summed E-state index contributed by atoms with van der Waals surface area (Å²) in [7, 11) is 1.57. The Morgan fingerprint density at radius 1 is 1.04 bits per heavy atom. The SMILES string of the molecule is COCC(O)CNc1nc(-c2ccccc2)nc2ccccc12. The van der Waals surface area contributed by atoms with Crippen LogP contribution >= 0.6 is 0 Å². The molecular weight excluding hydrogens is 290 g/mol. The molecule has 0 saturated carbocycles. The molecule has 3 rings (SSSR count). The van der Waals surface area contributed by atoms with Crippen LogP contribution < -0.4 is 5.32 Å². The number of fused-ring (bicyclic) bond motifs is 1. The Bertz CT molecular complexity index is 778. The maximum Gasteiger partial charge on any atom is 0.162 e. The first kappa shape index (κ1) is 15.4. The number of aliphatic hydroxyl groups is 1. The fourth-order valence-corrected chi connectivity index (χ4v) is 2.39. The molecule has 0 aliphatic rings. The summed E-state index contributed by atoms with van der Waals surface area (Å²) in [4.78, 5) is 9.26. The predicted octanol–water partition coefficient (Wildman–Crippen LogP) is 2.72. The highest BCUT2D eigenvalue weighted by Crippen LogP contribution is 2.24. The fourth-order valence-electron chi connectivity index (χ4n) is 2.39. The molecule has 0 radical (unpaired) electrons. The van der Waals surface area contributed by atoms with Gasteiger partial charge in [0.15, 0.2) is 5.82 Å². The largest absolute Gasteiger partial charge is 0.389 e. The minimum absolute atomic E-state index is 0.279. The third-order valence-electron chi connectivity index (χ3n) is 3.50. The Labute approximate surface area is 135 Å². The van der Waals surface area contributed by atoms with Crippen molar-refractivity contribution in [1.29, 1.82) is 0 Å². The van der Waals surface area contributed by atoms with Crippen molar-refractivity contribution in [2.45, 2.75) is 6.10 Å². The van der Waals surface area contributed by atoms with E-state index in [9.17, 15) is 5.11 Å². The molecule has 1 atom stereocenters. The summed E-state index contributed by atoms with van der Waals surface area (Å²) in [6.07, 6.45) is -0.589. The van der Waals surface area contributed by atoms with Gasteiger partial charge in [-0.2, -0.15) is 0 Å². The Morgan fingerprint density at radius 2 is 1.78 bits per heavy atom. The van der Waals surface area contributed by atoms with Crippen molar-refractivity contribution in [2.24, 2.45) is 0 Å². The van der Waals surface area contributed by atoms with Crippen LogP contribution in [0.3, 0.4) is 0 Å². The van der Waals surface area contributed by atoms with Gasteiger partial charge < -0.3 is 15.2 Å². The van der Waals surface area contributed by atoms with Gasteiger partial charge in [-0.3, -0.25) is 0 Å². The number of nitrogens with zero attached hydrogens (tertiary/aromatic N) is 2. The molecule has 3 aromatic rings. The normalized spacial score (nSPS) is 12.3. The minimum Gasteiger partial charge on any atom is -0.389 e. The van der Waals surface area contributed by atoms with E-state index in [0.29, 0.717) is 18.2 Å². The number of benzene rings is 2. The maximum atomic E-state index is 9.84. The van der Waals surface area contributed by atoms with E-state index in [1.165, 1.54) is 0 Å². The number of nitrogens with one attached hydrogen (secondary N) is 1. The van der Waals surface area contributed by atoms with Crippen LogP contribution in [0.5, 0.6) is 0 Å². The van der Waals surface area contributed by atoms with E-state index in [2.05, 4.69) is 15.3 Å². The second-order valence-electron chi connectivity index (χ2n) is 5.27. The van der Waals surface area contributed by atoms with Crippen LogP contribution in [0.15, 0.2) is 54.6 Å². The van der Waals surface area contributed by atoms with Gasteiger partial charge in [0.1, 0.15) is 5.82 Å². The number of hydrogen-bond acceptors (Lipinski definition) is 5. The van der Waals surface area contributed by atoms with Gasteiger partial charge in [0.05, 0.1) is 18.2 Å². The van der Waals surface area contributed by atoms with Crippen LogP contribution in [-0.2, 0) is 4.74 Å². The van der Waals surface area contributed by atoms with Gasteiger partial charge in [0, 0.05) is 24.6 Å². The summed E-state index contributed by atoms with van der Waals surface area (Å²) in [6, 6.07) is 17.7. The van der Waals surface area contributed by atoms with Crippen molar-refractivity contribution < 1.29 is 9.84 Å². The lowest BCUT2D eigenvalue weighted by atomic mass is 10.2. The Hall–Kier alpha value is -2.50. The lowest BCUT2D eigenvalue weighted by Gasteiger charge is -2.14. The highest BCUT2D eigenvalue weighted by Gasteiger charge is 2.10. The van der Waals surface area contributed by atoms with E-state index in [0.717, 1.165) is 16.5 Å². The first-order valence-electron chi connectivity index (χ1n) is 7.51. The minimum atomic E-state index is -0.589. The van der Waals surface area contributed by atoms with Crippen molar-refractivity contribution in [3.8, 4) is 11.4 Å². The molecule has 0 saturated heterocycles. The van der Waals surface area contributed by atoms with Crippen molar-refractivity contribution in [1.82, 2.24) is 9.97 Å². The molecule has 0 aliphatic heterocycles. The molecule has 0 amide bonds. The van der Waals surface area contributed by atoms with Gasteiger partial charge in [-0.25, -0.2) is 9.97 Å². The third kappa shape index (κ3) is 3.64. The van der Waals surface area contributed by atoms with Crippen molar-refractivity contribution in [2.75, 3.05) is 25.6 Å². The molecule has 2 N–H and O–H groups in total. The Kier molecular flexibility index (Phi) is 4.80. The quantitative estimate of drug-likeness (QED) is 0.733. The second kappa shape index (κ2) is 7.17. The zero-order chi connectivity index (χ0) is 16.1. The second-order valence-corrected chi connectivity index (χ2v) is 5.27. The molecule has 1 heterocycles. The molecular formula is C18H19N3O2. The smallest absolute Gasteiger partial charge is 0.162 e. The first-order valence-corrected chi connectivity index (χ1v) is 7.51. The molecule has 5 heteroatoms. The molecule has 1 unspecified atom stereocenters. The van der Waals surface area contributed by atoms with Gasteiger partial charge in [0.2, 0.25) is 0 Å². The predicted molar refractivity (Wildman–Crippen MR) is 91.3 cm³/mol. The number of aromatic nitrogens is 2. The number of para-hydroxylation sites is 1.